The van der Waals surface area contributed by atoms with Crippen molar-refractivity contribution in [3.05, 3.63) is 54.1 Å². The van der Waals surface area contributed by atoms with E-state index in [1.165, 1.54) is 6.07 Å². The fourth-order valence-corrected chi connectivity index (χ4v) is 2.62. The summed E-state index contributed by atoms with van der Waals surface area (Å²) in [4.78, 5) is 0. The summed E-state index contributed by atoms with van der Waals surface area (Å²) in [5, 5.41) is 0. The van der Waals surface area contributed by atoms with E-state index in [-0.39, 0.29) is 35.3 Å². The first-order valence-electron chi connectivity index (χ1n) is 6.84. The van der Waals surface area contributed by atoms with Crippen molar-refractivity contribution in [3.8, 4) is 16.9 Å². The van der Waals surface area contributed by atoms with Gasteiger partial charge in [-0.05, 0) is 30.0 Å². The third kappa shape index (κ3) is 5.41. The van der Waals surface area contributed by atoms with E-state index in [4.69, 9.17) is 0 Å². The van der Waals surface area contributed by atoms with Gasteiger partial charge in [0.15, 0.2) is 0 Å². The standard InChI is InChI=1S/C16H18O4S.Na/c1-2-3-8-13-11-7-12-15(20-21(17,18)19)16(13)14-9-5-4-6-10-14;/h4-7,9-12H,2-3,8H2,1H3,(H,17,18,19);/q;+1/p-1. The first-order valence-corrected chi connectivity index (χ1v) is 8.17. The molecule has 0 bridgehead atoms. The van der Waals surface area contributed by atoms with E-state index in [0.29, 0.717) is 5.56 Å². The predicted octanol–water partition coefficient (Wildman–Crippen LogP) is 0.539. The molecule has 0 N–H and O–H groups in total. The molecule has 0 spiro atoms. The zero-order valence-electron chi connectivity index (χ0n) is 12.8. The van der Waals surface area contributed by atoms with E-state index in [1.807, 2.05) is 36.4 Å². The van der Waals surface area contributed by atoms with Gasteiger partial charge in [0, 0.05) is 5.56 Å². The molecule has 0 amide bonds. The number of aryl methyl sites for hydroxylation is 1. The molecule has 2 aromatic rings. The number of hydrogen-bond donors (Lipinski definition) is 0. The van der Waals surface area contributed by atoms with Crippen LogP contribution in [0.5, 0.6) is 5.75 Å². The monoisotopic (exact) mass is 328 g/mol. The summed E-state index contributed by atoms with van der Waals surface area (Å²) in [6.45, 7) is 2.09. The van der Waals surface area contributed by atoms with Gasteiger partial charge < -0.3 is 8.74 Å². The van der Waals surface area contributed by atoms with Crippen molar-refractivity contribution in [1.82, 2.24) is 0 Å². The molecular weight excluding hydrogens is 311 g/mol. The number of unbranched alkanes of at least 4 members (excludes halogenated alkanes) is 1. The van der Waals surface area contributed by atoms with Gasteiger partial charge in [0.05, 0.1) is 0 Å². The van der Waals surface area contributed by atoms with Gasteiger partial charge in [-0.15, -0.1) is 0 Å². The van der Waals surface area contributed by atoms with Crippen LogP contribution in [0.15, 0.2) is 48.5 Å². The molecule has 0 heterocycles. The molecular formula is C16H17NaO4S. The van der Waals surface area contributed by atoms with Gasteiger partial charge in [0.1, 0.15) is 5.75 Å². The molecule has 0 fully saturated rings. The Morgan fingerprint density at radius 1 is 1.05 bits per heavy atom. The van der Waals surface area contributed by atoms with Crippen LogP contribution in [0.4, 0.5) is 0 Å². The van der Waals surface area contributed by atoms with Gasteiger partial charge in [-0.1, -0.05) is 55.8 Å². The van der Waals surface area contributed by atoms with Crippen molar-refractivity contribution >= 4 is 10.4 Å². The number of benzene rings is 2. The molecule has 0 aliphatic rings. The molecule has 6 heteroatoms. The minimum absolute atomic E-state index is 0. The summed E-state index contributed by atoms with van der Waals surface area (Å²) in [7, 11) is -4.79. The Morgan fingerprint density at radius 2 is 1.73 bits per heavy atom. The summed E-state index contributed by atoms with van der Waals surface area (Å²) in [6, 6.07) is 14.5. The van der Waals surface area contributed by atoms with Gasteiger partial charge in [-0.3, -0.25) is 0 Å². The fraction of sp³-hybridized carbons (Fsp3) is 0.250. The second-order valence-electron chi connectivity index (χ2n) is 4.75. The van der Waals surface area contributed by atoms with Crippen molar-refractivity contribution in [3.63, 3.8) is 0 Å². The topological polar surface area (TPSA) is 66.4 Å². The summed E-state index contributed by atoms with van der Waals surface area (Å²) in [5.41, 5.74) is 2.48. The van der Waals surface area contributed by atoms with E-state index in [0.717, 1.165) is 30.4 Å². The summed E-state index contributed by atoms with van der Waals surface area (Å²) < 4.78 is 37.4. The largest absolute Gasteiger partial charge is 1.00 e. The number of hydrogen-bond acceptors (Lipinski definition) is 4. The van der Waals surface area contributed by atoms with Crippen LogP contribution < -0.4 is 33.7 Å². The molecule has 0 aromatic heterocycles. The Morgan fingerprint density at radius 3 is 2.32 bits per heavy atom. The van der Waals surface area contributed by atoms with Gasteiger partial charge in [-0.25, -0.2) is 8.42 Å². The van der Waals surface area contributed by atoms with E-state index < -0.39 is 10.4 Å². The SMILES string of the molecule is CCCCc1cccc(OS(=O)(=O)[O-])c1-c1ccccc1.[Na+]. The Labute approximate surface area is 153 Å². The molecule has 4 nitrogen and oxygen atoms in total. The van der Waals surface area contributed by atoms with Crippen LogP contribution in [0.25, 0.3) is 11.1 Å². The smallest absolute Gasteiger partial charge is 0.716 e. The van der Waals surface area contributed by atoms with E-state index in [2.05, 4.69) is 11.1 Å². The molecule has 0 saturated heterocycles. The maximum absolute atomic E-state index is 10.9. The molecule has 0 saturated carbocycles. The van der Waals surface area contributed by atoms with Gasteiger partial charge in [0.2, 0.25) is 0 Å². The molecule has 0 unspecified atom stereocenters. The predicted molar refractivity (Wildman–Crippen MR) is 80.8 cm³/mol. The van der Waals surface area contributed by atoms with Crippen LogP contribution in [0.2, 0.25) is 0 Å². The van der Waals surface area contributed by atoms with Crippen LogP contribution in [-0.2, 0) is 16.8 Å². The average Bonchev–Trinajstić information content (AvgIpc) is 2.44. The normalized spacial score (nSPS) is 10.8. The third-order valence-electron chi connectivity index (χ3n) is 3.17. The molecule has 0 radical (unpaired) electrons. The number of rotatable bonds is 6. The zero-order chi connectivity index (χ0) is 15.3. The molecule has 2 rings (SSSR count). The minimum Gasteiger partial charge on any atom is -0.716 e. The summed E-state index contributed by atoms with van der Waals surface area (Å²) in [5.74, 6) is 0.0878. The van der Waals surface area contributed by atoms with Crippen molar-refractivity contribution in [2.75, 3.05) is 0 Å². The first-order chi connectivity index (χ1) is 10.0. The molecule has 112 valence electrons. The zero-order valence-corrected chi connectivity index (χ0v) is 15.6. The summed E-state index contributed by atoms with van der Waals surface area (Å²) in [6.07, 6.45) is 2.81. The average molecular weight is 328 g/mol. The van der Waals surface area contributed by atoms with Crippen molar-refractivity contribution in [2.45, 2.75) is 26.2 Å². The quantitative estimate of drug-likeness (QED) is 0.441. The van der Waals surface area contributed by atoms with E-state index >= 15 is 0 Å². The van der Waals surface area contributed by atoms with E-state index in [9.17, 15) is 13.0 Å². The van der Waals surface area contributed by atoms with Crippen molar-refractivity contribution in [1.29, 1.82) is 0 Å². The van der Waals surface area contributed by atoms with Crippen LogP contribution in [0, 0.1) is 0 Å². The Kier molecular flexibility index (Phi) is 7.59. The van der Waals surface area contributed by atoms with Gasteiger partial charge in [-0.2, -0.15) is 0 Å². The Balaban J connectivity index is 0.00000242. The van der Waals surface area contributed by atoms with Crippen molar-refractivity contribution < 1.29 is 46.7 Å². The molecule has 2 aromatic carbocycles. The van der Waals surface area contributed by atoms with Crippen LogP contribution in [0.1, 0.15) is 25.3 Å². The van der Waals surface area contributed by atoms with Crippen LogP contribution >= 0.6 is 0 Å². The van der Waals surface area contributed by atoms with Crippen molar-refractivity contribution in [2.24, 2.45) is 0 Å². The maximum atomic E-state index is 10.9. The van der Waals surface area contributed by atoms with Crippen LogP contribution in [-0.4, -0.2) is 13.0 Å². The second-order valence-corrected chi connectivity index (χ2v) is 5.73. The van der Waals surface area contributed by atoms with Gasteiger partial charge >= 0.3 is 29.6 Å². The Bertz CT molecular complexity index is 699. The molecule has 0 atom stereocenters. The third-order valence-corrected chi connectivity index (χ3v) is 3.55. The molecule has 0 aliphatic carbocycles. The minimum atomic E-state index is -4.79. The summed E-state index contributed by atoms with van der Waals surface area (Å²) >= 11 is 0. The van der Waals surface area contributed by atoms with E-state index in [1.54, 1.807) is 6.07 Å². The Hall–Kier alpha value is -0.850. The molecule has 22 heavy (non-hydrogen) atoms. The molecule has 0 aliphatic heterocycles. The second kappa shape index (κ2) is 8.70. The van der Waals surface area contributed by atoms with Crippen LogP contribution in [0.3, 0.4) is 0 Å². The van der Waals surface area contributed by atoms with Gasteiger partial charge in [0.25, 0.3) is 10.4 Å². The first kappa shape index (κ1) is 19.2. The fourth-order valence-electron chi connectivity index (χ4n) is 2.26. The maximum Gasteiger partial charge on any atom is 1.00 e.